The van der Waals surface area contributed by atoms with Gasteiger partial charge in [0, 0.05) is 30.7 Å². The van der Waals surface area contributed by atoms with Crippen LogP contribution in [0.3, 0.4) is 0 Å². The monoisotopic (exact) mass is 578 g/mol. The molecule has 1 amide bonds. The van der Waals surface area contributed by atoms with Gasteiger partial charge in [-0.1, -0.05) is 12.6 Å². The van der Waals surface area contributed by atoms with Crippen molar-refractivity contribution in [2.24, 2.45) is 0 Å². The number of halogens is 1. The molecule has 10 heteroatoms. The molecule has 2 aliphatic heterocycles. The van der Waals surface area contributed by atoms with E-state index in [1.807, 2.05) is 53.0 Å². The van der Waals surface area contributed by atoms with E-state index in [2.05, 4.69) is 26.5 Å². The van der Waals surface area contributed by atoms with Gasteiger partial charge in [0.05, 0.1) is 25.8 Å². The summed E-state index contributed by atoms with van der Waals surface area (Å²) in [5.41, 5.74) is 4.80. The maximum Gasteiger partial charge on any atom is 0.415 e. The zero-order valence-electron chi connectivity index (χ0n) is 25.2. The van der Waals surface area contributed by atoms with Crippen LogP contribution in [0.5, 0.6) is 0 Å². The van der Waals surface area contributed by atoms with E-state index in [1.165, 1.54) is 13.2 Å². The topological polar surface area (TPSA) is 93.2 Å². The molecule has 224 valence electrons. The number of esters is 1. The lowest BCUT2D eigenvalue weighted by atomic mass is 9.99. The number of pyridine rings is 1. The summed E-state index contributed by atoms with van der Waals surface area (Å²) in [6, 6.07) is 6.56. The molecular weight excluding hydrogens is 539 g/mol. The van der Waals surface area contributed by atoms with Crippen molar-refractivity contribution in [3.05, 3.63) is 88.4 Å². The number of aromatic nitrogens is 1. The predicted octanol–water partition coefficient (Wildman–Crippen LogP) is 6.00. The van der Waals surface area contributed by atoms with E-state index >= 15 is 0 Å². The lowest BCUT2D eigenvalue weighted by Gasteiger charge is -2.36. The Balaban J connectivity index is 1.56. The highest BCUT2D eigenvalue weighted by Gasteiger charge is 2.32. The minimum atomic E-state index is -0.624. The van der Waals surface area contributed by atoms with E-state index in [0.717, 1.165) is 35.4 Å². The molecule has 0 aliphatic carbocycles. The summed E-state index contributed by atoms with van der Waals surface area (Å²) >= 11 is 0. The first-order chi connectivity index (χ1) is 19.9. The average Bonchev–Trinajstić information content (AvgIpc) is 2.93. The van der Waals surface area contributed by atoms with Crippen molar-refractivity contribution in [3.8, 4) is 0 Å². The number of ether oxygens (including phenoxy) is 3. The van der Waals surface area contributed by atoms with Gasteiger partial charge >= 0.3 is 12.1 Å². The molecule has 42 heavy (non-hydrogen) atoms. The Morgan fingerprint density at radius 1 is 1.21 bits per heavy atom. The van der Waals surface area contributed by atoms with Crippen LogP contribution in [0.2, 0.25) is 0 Å². The van der Waals surface area contributed by atoms with Crippen molar-refractivity contribution in [2.75, 3.05) is 32.1 Å². The molecule has 1 aromatic carbocycles. The number of allylic oxidation sites excluding steroid dienone is 3. The molecule has 1 aromatic heterocycles. The smallest absolute Gasteiger partial charge is 0.415 e. The average molecular weight is 579 g/mol. The molecule has 0 unspecified atom stereocenters. The van der Waals surface area contributed by atoms with Crippen LogP contribution >= 0.6 is 0 Å². The van der Waals surface area contributed by atoms with Crippen molar-refractivity contribution >= 4 is 23.6 Å². The van der Waals surface area contributed by atoms with Crippen LogP contribution in [0.15, 0.2) is 65.8 Å². The molecule has 0 fully saturated rings. The summed E-state index contributed by atoms with van der Waals surface area (Å²) in [6.45, 7) is 15.6. The number of rotatable bonds is 7. The van der Waals surface area contributed by atoms with Gasteiger partial charge in [-0.3, -0.25) is 9.69 Å². The predicted molar refractivity (Wildman–Crippen MR) is 158 cm³/mol. The van der Waals surface area contributed by atoms with Gasteiger partial charge < -0.3 is 24.4 Å². The highest BCUT2D eigenvalue weighted by atomic mass is 19.1. The number of carbonyl (C=O) groups excluding carboxylic acids is 2. The molecule has 2 aliphatic rings. The molecule has 1 N–H and O–H groups in total. The fourth-order valence-corrected chi connectivity index (χ4v) is 5.12. The van der Waals surface area contributed by atoms with E-state index in [9.17, 15) is 14.0 Å². The third-order valence-electron chi connectivity index (χ3n) is 7.11. The van der Waals surface area contributed by atoms with Gasteiger partial charge in [0.15, 0.2) is 0 Å². The van der Waals surface area contributed by atoms with Crippen LogP contribution in [-0.2, 0) is 38.4 Å². The van der Waals surface area contributed by atoms with Crippen LogP contribution < -0.4 is 5.32 Å². The second kappa shape index (κ2) is 12.7. The van der Waals surface area contributed by atoms with Gasteiger partial charge in [0.25, 0.3) is 0 Å². The Kier molecular flexibility index (Phi) is 9.23. The van der Waals surface area contributed by atoms with E-state index in [1.54, 1.807) is 17.0 Å². The first kappa shape index (κ1) is 30.6. The molecule has 0 atom stereocenters. The maximum absolute atomic E-state index is 14.6. The second-order valence-corrected chi connectivity index (χ2v) is 11.3. The first-order valence-electron chi connectivity index (χ1n) is 13.9. The largest absolute Gasteiger partial charge is 0.494 e. The lowest BCUT2D eigenvalue weighted by molar-refractivity contribution is -0.139. The number of benzene rings is 1. The van der Waals surface area contributed by atoms with E-state index in [0.29, 0.717) is 42.7 Å². The Morgan fingerprint density at radius 3 is 2.64 bits per heavy atom. The minimum absolute atomic E-state index is 0.133. The van der Waals surface area contributed by atoms with Crippen molar-refractivity contribution in [2.45, 2.75) is 59.6 Å². The number of amides is 1. The molecule has 2 aromatic rings. The molecule has 0 radical (unpaired) electrons. The highest BCUT2D eigenvalue weighted by Crippen LogP contribution is 2.32. The normalized spacial score (nSPS) is 15.8. The lowest BCUT2D eigenvalue weighted by Crippen LogP contribution is -2.42. The number of hydrogen-bond donors (Lipinski definition) is 1. The summed E-state index contributed by atoms with van der Waals surface area (Å²) in [4.78, 5) is 33.0. The van der Waals surface area contributed by atoms with Gasteiger partial charge in [0.1, 0.15) is 29.6 Å². The fourth-order valence-electron chi connectivity index (χ4n) is 5.12. The van der Waals surface area contributed by atoms with Crippen LogP contribution in [0, 0.1) is 5.82 Å². The van der Waals surface area contributed by atoms with Crippen LogP contribution in [0.25, 0.3) is 0 Å². The summed E-state index contributed by atoms with van der Waals surface area (Å²) < 4.78 is 30.8. The van der Waals surface area contributed by atoms with Crippen molar-refractivity contribution in [1.29, 1.82) is 0 Å². The van der Waals surface area contributed by atoms with Gasteiger partial charge in [-0.25, -0.2) is 14.2 Å². The number of fused-ring (bicyclic) bond motifs is 1. The Hall–Kier alpha value is -4.34. The molecular formula is C32H39FN4O5. The SMILES string of the molecule is C=C/C(=C(/C)C1=C(C)OCCN1C(=O)OC(C)(C)C)N1CCc2cnc(Nc3ccc(CC(=O)OC)c(F)c3)cc2C1. The minimum Gasteiger partial charge on any atom is -0.494 e. The molecule has 0 saturated carbocycles. The van der Waals surface area contributed by atoms with Gasteiger partial charge in [-0.2, -0.15) is 0 Å². The quantitative estimate of drug-likeness (QED) is 0.316. The van der Waals surface area contributed by atoms with Gasteiger partial charge in [-0.15, -0.1) is 0 Å². The number of anilines is 2. The van der Waals surface area contributed by atoms with Crippen molar-refractivity contribution < 1.29 is 28.2 Å². The van der Waals surface area contributed by atoms with Crippen molar-refractivity contribution in [1.82, 2.24) is 14.8 Å². The molecule has 4 rings (SSSR count). The third-order valence-corrected chi connectivity index (χ3v) is 7.11. The number of carbonyl (C=O) groups is 2. The summed E-state index contributed by atoms with van der Waals surface area (Å²) in [6.07, 6.45) is 3.87. The summed E-state index contributed by atoms with van der Waals surface area (Å²) in [5.74, 6) is 0.231. The maximum atomic E-state index is 14.6. The Morgan fingerprint density at radius 2 is 1.98 bits per heavy atom. The van der Waals surface area contributed by atoms with Crippen LogP contribution in [0.1, 0.15) is 51.3 Å². The van der Waals surface area contributed by atoms with Gasteiger partial charge in [-0.05, 0) is 87.6 Å². The number of nitrogens with one attached hydrogen (secondary N) is 1. The third kappa shape index (κ3) is 7.10. The molecule has 0 bridgehead atoms. The highest BCUT2D eigenvalue weighted by molar-refractivity contribution is 5.73. The Bertz CT molecular complexity index is 1440. The standard InChI is InChI=1S/C32H39FN4O5/c1-8-27(20(2)30-21(3)41-14-13-37(30)31(39)42-32(4,5)6)36-12-11-23-18-34-28(15-24(23)19-36)35-25-10-9-22(26(33)17-25)16-29(38)40-7/h8-10,15,17-18H,1,11-14,16,19H2,2-7H3,(H,34,35)/b27-20+. The second-order valence-electron chi connectivity index (χ2n) is 11.3. The van der Waals surface area contributed by atoms with Crippen LogP contribution in [0.4, 0.5) is 20.7 Å². The number of nitrogens with zero attached hydrogens (tertiary/aromatic N) is 3. The van der Waals surface area contributed by atoms with Gasteiger partial charge in [0.2, 0.25) is 0 Å². The molecule has 0 saturated heterocycles. The molecule has 3 heterocycles. The number of methoxy groups -OCH3 is 1. The van der Waals surface area contributed by atoms with E-state index < -0.39 is 23.5 Å². The van der Waals surface area contributed by atoms with E-state index in [-0.39, 0.29) is 12.0 Å². The summed E-state index contributed by atoms with van der Waals surface area (Å²) in [5, 5.41) is 3.16. The summed E-state index contributed by atoms with van der Waals surface area (Å²) in [7, 11) is 1.27. The van der Waals surface area contributed by atoms with E-state index in [4.69, 9.17) is 9.47 Å². The van der Waals surface area contributed by atoms with Crippen molar-refractivity contribution in [3.63, 3.8) is 0 Å². The Labute approximate surface area is 246 Å². The number of hydrogen-bond acceptors (Lipinski definition) is 8. The van der Waals surface area contributed by atoms with Crippen LogP contribution in [-0.4, -0.2) is 59.3 Å². The zero-order chi connectivity index (χ0) is 30.6. The molecule has 0 spiro atoms. The molecule has 9 nitrogen and oxygen atoms in total. The first-order valence-corrected chi connectivity index (χ1v) is 13.9. The zero-order valence-corrected chi connectivity index (χ0v) is 25.2. The fraction of sp³-hybridized carbons (Fsp3) is 0.406.